The Bertz CT molecular complexity index is 585. The SMILES string of the molecule is N#CCNC(=O)c1sc2ccccc2c1Cl. The van der Waals surface area contributed by atoms with Crippen LogP contribution in [-0.4, -0.2) is 12.5 Å². The summed E-state index contributed by atoms with van der Waals surface area (Å²) in [6.07, 6.45) is 0. The van der Waals surface area contributed by atoms with Crippen molar-refractivity contribution in [2.24, 2.45) is 0 Å². The van der Waals surface area contributed by atoms with E-state index in [2.05, 4.69) is 5.32 Å². The number of carbonyl (C=O) groups excluding carboxylic acids is 1. The molecule has 1 aromatic heterocycles. The Hall–Kier alpha value is -1.57. The number of nitrogens with one attached hydrogen (secondary N) is 1. The molecule has 0 fully saturated rings. The van der Waals surface area contributed by atoms with Gasteiger partial charge in [0.25, 0.3) is 5.91 Å². The normalized spacial score (nSPS) is 10.0. The van der Waals surface area contributed by atoms with Crippen LogP contribution < -0.4 is 5.32 Å². The molecule has 1 aromatic carbocycles. The number of nitrogens with zero attached hydrogens (tertiary/aromatic N) is 1. The molecule has 5 heteroatoms. The quantitative estimate of drug-likeness (QED) is 0.834. The second kappa shape index (κ2) is 4.52. The first-order chi connectivity index (χ1) is 7.74. The fourth-order valence-electron chi connectivity index (χ4n) is 1.36. The Morgan fingerprint density at radius 3 is 2.94 bits per heavy atom. The molecule has 2 rings (SSSR count). The van der Waals surface area contributed by atoms with Gasteiger partial charge in [0.05, 0.1) is 11.1 Å². The lowest BCUT2D eigenvalue weighted by Crippen LogP contribution is -2.22. The maximum absolute atomic E-state index is 11.7. The third-order valence-corrected chi connectivity index (χ3v) is 3.74. The van der Waals surface area contributed by atoms with Gasteiger partial charge in [-0.2, -0.15) is 5.26 Å². The first-order valence-electron chi connectivity index (χ1n) is 4.56. The van der Waals surface area contributed by atoms with Crippen molar-refractivity contribution in [3.8, 4) is 6.07 Å². The lowest BCUT2D eigenvalue weighted by molar-refractivity contribution is 0.0962. The van der Waals surface area contributed by atoms with Gasteiger partial charge in [-0.25, -0.2) is 0 Å². The zero-order valence-electron chi connectivity index (χ0n) is 8.16. The van der Waals surface area contributed by atoms with Gasteiger partial charge in [-0.3, -0.25) is 4.79 Å². The zero-order chi connectivity index (χ0) is 11.5. The predicted molar refractivity (Wildman–Crippen MR) is 64.8 cm³/mol. The summed E-state index contributed by atoms with van der Waals surface area (Å²) in [6.45, 7) is -0.0105. The highest BCUT2D eigenvalue weighted by Gasteiger charge is 2.15. The van der Waals surface area contributed by atoms with Gasteiger partial charge in [0.2, 0.25) is 0 Å². The number of carbonyl (C=O) groups is 1. The Labute approximate surface area is 101 Å². The summed E-state index contributed by atoms with van der Waals surface area (Å²) in [4.78, 5) is 12.1. The molecule has 1 N–H and O–H groups in total. The number of fused-ring (bicyclic) bond motifs is 1. The molecule has 0 aliphatic heterocycles. The van der Waals surface area contributed by atoms with Crippen LogP contribution in [0.3, 0.4) is 0 Å². The first-order valence-corrected chi connectivity index (χ1v) is 5.75. The molecule has 1 amide bonds. The third kappa shape index (κ3) is 1.87. The van der Waals surface area contributed by atoms with Crippen LogP contribution in [0.1, 0.15) is 9.67 Å². The molecule has 0 unspecified atom stereocenters. The van der Waals surface area contributed by atoms with Crippen molar-refractivity contribution in [2.45, 2.75) is 0 Å². The molecular formula is C11H7ClN2OS. The highest BCUT2D eigenvalue weighted by Crippen LogP contribution is 2.34. The Kier molecular flexibility index (Phi) is 3.09. The van der Waals surface area contributed by atoms with E-state index in [1.807, 2.05) is 30.3 Å². The summed E-state index contributed by atoms with van der Waals surface area (Å²) in [5.74, 6) is -0.298. The largest absolute Gasteiger partial charge is 0.338 e. The molecular weight excluding hydrogens is 244 g/mol. The molecule has 80 valence electrons. The fraction of sp³-hybridized carbons (Fsp3) is 0.0909. The van der Waals surface area contributed by atoms with Crippen molar-refractivity contribution >= 4 is 38.9 Å². The van der Waals surface area contributed by atoms with E-state index in [1.54, 1.807) is 0 Å². The first kappa shape index (κ1) is 10.9. The number of halogens is 1. The van der Waals surface area contributed by atoms with Crippen molar-refractivity contribution in [1.82, 2.24) is 5.32 Å². The molecule has 16 heavy (non-hydrogen) atoms. The second-order valence-electron chi connectivity index (χ2n) is 3.08. The average molecular weight is 251 g/mol. The van der Waals surface area contributed by atoms with Gasteiger partial charge in [0, 0.05) is 10.1 Å². The molecule has 0 saturated heterocycles. The van der Waals surface area contributed by atoms with E-state index < -0.39 is 0 Å². The van der Waals surface area contributed by atoms with Gasteiger partial charge >= 0.3 is 0 Å². The number of rotatable bonds is 2. The summed E-state index contributed by atoms with van der Waals surface area (Å²) in [5.41, 5.74) is 0. The van der Waals surface area contributed by atoms with E-state index in [1.165, 1.54) is 11.3 Å². The molecule has 0 bridgehead atoms. The number of hydrogen-bond acceptors (Lipinski definition) is 3. The van der Waals surface area contributed by atoms with Crippen LogP contribution in [0.4, 0.5) is 0 Å². The van der Waals surface area contributed by atoms with Crippen molar-refractivity contribution in [3.63, 3.8) is 0 Å². The molecule has 2 aromatic rings. The minimum Gasteiger partial charge on any atom is -0.338 e. The van der Waals surface area contributed by atoms with Crippen LogP contribution in [0.25, 0.3) is 10.1 Å². The van der Waals surface area contributed by atoms with Crippen LogP contribution in [0.5, 0.6) is 0 Å². The van der Waals surface area contributed by atoms with Gasteiger partial charge in [-0.1, -0.05) is 29.8 Å². The molecule has 0 aliphatic carbocycles. The molecule has 1 heterocycles. The summed E-state index contributed by atoms with van der Waals surface area (Å²) in [5, 5.41) is 12.2. The van der Waals surface area contributed by atoms with E-state index in [9.17, 15) is 4.79 Å². The summed E-state index contributed by atoms with van der Waals surface area (Å²) >= 11 is 7.43. The number of benzene rings is 1. The van der Waals surface area contributed by atoms with Gasteiger partial charge in [-0.15, -0.1) is 11.3 Å². The number of hydrogen-bond donors (Lipinski definition) is 1. The lowest BCUT2D eigenvalue weighted by Gasteiger charge is -1.97. The standard InChI is InChI=1S/C11H7ClN2OS/c12-9-7-3-1-2-4-8(7)16-10(9)11(15)14-6-5-13/h1-4H,6H2,(H,14,15). The second-order valence-corrected chi connectivity index (χ2v) is 4.51. The highest BCUT2D eigenvalue weighted by atomic mass is 35.5. The van der Waals surface area contributed by atoms with Crippen LogP contribution in [0, 0.1) is 11.3 Å². The Morgan fingerprint density at radius 2 is 2.25 bits per heavy atom. The minimum absolute atomic E-state index is 0.0105. The van der Waals surface area contributed by atoms with Crippen LogP contribution in [0.2, 0.25) is 5.02 Å². The van der Waals surface area contributed by atoms with Crippen molar-refractivity contribution in [2.75, 3.05) is 6.54 Å². The monoisotopic (exact) mass is 250 g/mol. The maximum atomic E-state index is 11.7. The third-order valence-electron chi connectivity index (χ3n) is 2.07. The molecule has 3 nitrogen and oxygen atoms in total. The minimum atomic E-state index is -0.298. The Balaban J connectivity index is 2.42. The zero-order valence-corrected chi connectivity index (χ0v) is 9.73. The summed E-state index contributed by atoms with van der Waals surface area (Å²) in [7, 11) is 0. The van der Waals surface area contributed by atoms with Gasteiger partial charge in [0.1, 0.15) is 11.4 Å². The van der Waals surface area contributed by atoms with E-state index >= 15 is 0 Å². The van der Waals surface area contributed by atoms with Crippen molar-refractivity contribution in [1.29, 1.82) is 5.26 Å². The smallest absolute Gasteiger partial charge is 0.263 e. The average Bonchev–Trinajstić information content (AvgIpc) is 2.64. The number of thiophene rings is 1. The van der Waals surface area contributed by atoms with Crippen LogP contribution >= 0.6 is 22.9 Å². The van der Waals surface area contributed by atoms with E-state index in [0.717, 1.165) is 10.1 Å². The van der Waals surface area contributed by atoms with Crippen LogP contribution in [-0.2, 0) is 0 Å². The molecule has 0 spiro atoms. The van der Waals surface area contributed by atoms with Crippen LogP contribution in [0.15, 0.2) is 24.3 Å². The number of nitriles is 1. The van der Waals surface area contributed by atoms with E-state index in [-0.39, 0.29) is 12.5 Å². The van der Waals surface area contributed by atoms with Crippen molar-refractivity contribution < 1.29 is 4.79 Å². The fourth-order valence-corrected chi connectivity index (χ4v) is 2.79. The van der Waals surface area contributed by atoms with Gasteiger partial charge < -0.3 is 5.32 Å². The predicted octanol–water partition coefficient (Wildman–Crippen LogP) is 2.81. The summed E-state index contributed by atoms with van der Waals surface area (Å²) in [6, 6.07) is 9.40. The topological polar surface area (TPSA) is 52.9 Å². The lowest BCUT2D eigenvalue weighted by atomic mass is 10.2. The van der Waals surface area contributed by atoms with E-state index in [4.69, 9.17) is 16.9 Å². The molecule has 0 saturated carbocycles. The van der Waals surface area contributed by atoms with E-state index in [0.29, 0.717) is 9.90 Å². The molecule has 0 aliphatic rings. The molecule has 0 atom stereocenters. The van der Waals surface area contributed by atoms with Gasteiger partial charge in [0.15, 0.2) is 0 Å². The highest BCUT2D eigenvalue weighted by molar-refractivity contribution is 7.21. The van der Waals surface area contributed by atoms with Gasteiger partial charge in [-0.05, 0) is 6.07 Å². The maximum Gasteiger partial charge on any atom is 0.263 e. The molecule has 0 radical (unpaired) electrons. The Morgan fingerprint density at radius 1 is 1.50 bits per heavy atom. The van der Waals surface area contributed by atoms with Crippen molar-refractivity contribution in [3.05, 3.63) is 34.2 Å². The summed E-state index contributed by atoms with van der Waals surface area (Å²) < 4.78 is 0.967. The number of amides is 1.